The lowest BCUT2D eigenvalue weighted by atomic mass is 10.0. The minimum absolute atomic E-state index is 0. The van der Waals surface area contributed by atoms with Gasteiger partial charge < -0.3 is 10.6 Å². The number of nitrogens with zero attached hydrogens (tertiary/aromatic N) is 1. The summed E-state index contributed by atoms with van der Waals surface area (Å²) in [4.78, 5) is 15.9. The lowest BCUT2D eigenvalue weighted by Crippen LogP contribution is -2.44. The Morgan fingerprint density at radius 1 is 1.12 bits per heavy atom. The summed E-state index contributed by atoms with van der Waals surface area (Å²) in [6.45, 7) is 1.40. The fraction of sp³-hybridized carbons (Fsp3) is 0.316. The van der Waals surface area contributed by atoms with E-state index >= 15 is 0 Å². The lowest BCUT2D eigenvalue weighted by Gasteiger charge is -2.33. The van der Waals surface area contributed by atoms with Gasteiger partial charge in [0, 0.05) is 29.0 Å². The Morgan fingerprint density at radius 2 is 1.77 bits per heavy atom. The summed E-state index contributed by atoms with van der Waals surface area (Å²) < 4.78 is 0. The lowest BCUT2D eigenvalue weighted by molar-refractivity contribution is -0.131. The first-order valence-corrected chi connectivity index (χ1v) is 9.89. The van der Waals surface area contributed by atoms with Gasteiger partial charge >= 0.3 is 0 Å². The van der Waals surface area contributed by atoms with Crippen molar-refractivity contribution in [3.63, 3.8) is 0 Å². The Labute approximate surface area is 174 Å². The van der Waals surface area contributed by atoms with Gasteiger partial charge in [-0.15, -0.1) is 24.2 Å². The average molecular weight is 432 g/mol. The zero-order chi connectivity index (χ0) is 17.8. The molecule has 1 heterocycles. The van der Waals surface area contributed by atoms with Crippen LogP contribution in [0.25, 0.3) is 0 Å². The van der Waals surface area contributed by atoms with Gasteiger partial charge in [-0.2, -0.15) is 0 Å². The fourth-order valence-electron chi connectivity index (χ4n) is 2.87. The molecule has 3 nitrogen and oxygen atoms in total. The second-order valence-electron chi connectivity index (χ2n) is 6.15. The SMILES string of the molecule is Cl.NC1CCN(C(=O)C(Sc2cc(Cl)ccc2Cl)c2ccccc2)CC1. The molecule has 1 aliphatic heterocycles. The summed E-state index contributed by atoms with van der Waals surface area (Å²) in [5.41, 5.74) is 6.93. The number of benzene rings is 2. The van der Waals surface area contributed by atoms with E-state index in [4.69, 9.17) is 28.9 Å². The molecule has 1 unspecified atom stereocenters. The highest BCUT2D eigenvalue weighted by atomic mass is 35.5. The van der Waals surface area contributed by atoms with E-state index in [0.717, 1.165) is 23.3 Å². The molecule has 0 aliphatic carbocycles. The van der Waals surface area contributed by atoms with Crippen LogP contribution in [0.15, 0.2) is 53.4 Å². The van der Waals surface area contributed by atoms with E-state index in [1.807, 2.05) is 41.3 Å². The van der Waals surface area contributed by atoms with Crippen molar-refractivity contribution in [2.75, 3.05) is 13.1 Å². The fourth-order valence-corrected chi connectivity index (χ4v) is 4.53. The first kappa shape index (κ1) is 21.4. The predicted octanol–water partition coefficient (Wildman–Crippen LogP) is 5.20. The number of thioether (sulfide) groups is 1. The first-order valence-electron chi connectivity index (χ1n) is 8.25. The van der Waals surface area contributed by atoms with Gasteiger partial charge in [-0.3, -0.25) is 4.79 Å². The van der Waals surface area contributed by atoms with Crippen molar-refractivity contribution >= 4 is 53.3 Å². The number of piperidine rings is 1. The summed E-state index contributed by atoms with van der Waals surface area (Å²) in [5.74, 6) is 0.0964. The number of carbonyl (C=O) groups excluding carboxylic acids is 1. The maximum absolute atomic E-state index is 13.2. The Balaban J connectivity index is 0.00000243. The Morgan fingerprint density at radius 3 is 2.42 bits per heavy atom. The van der Waals surface area contributed by atoms with Crippen molar-refractivity contribution in [2.24, 2.45) is 5.73 Å². The van der Waals surface area contributed by atoms with Crippen LogP contribution in [-0.4, -0.2) is 29.9 Å². The van der Waals surface area contributed by atoms with Gasteiger partial charge in [0.1, 0.15) is 5.25 Å². The number of carbonyl (C=O) groups is 1. The third kappa shape index (κ3) is 5.30. The van der Waals surface area contributed by atoms with Gasteiger partial charge in [0.15, 0.2) is 0 Å². The molecule has 7 heteroatoms. The van der Waals surface area contributed by atoms with E-state index in [2.05, 4.69) is 0 Å². The molecule has 2 aromatic rings. The highest BCUT2D eigenvalue weighted by Gasteiger charge is 2.29. The molecule has 0 aromatic heterocycles. The zero-order valence-electron chi connectivity index (χ0n) is 14.1. The van der Waals surface area contributed by atoms with E-state index in [0.29, 0.717) is 23.1 Å². The minimum Gasteiger partial charge on any atom is -0.341 e. The van der Waals surface area contributed by atoms with Crippen molar-refractivity contribution in [2.45, 2.75) is 29.0 Å². The standard InChI is InChI=1S/C19H20Cl2N2OS.ClH/c20-14-6-7-16(21)17(12-14)25-18(13-4-2-1-3-5-13)19(24)23-10-8-15(22)9-11-23;/h1-7,12,15,18H,8-11,22H2;1H. The molecular weight excluding hydrogens is 411 g/mol. The minimum atomic E-state index is -0.355. The Hall–Kier alpha value is -0.910. The predicted molar refractivity (Wildman–Crippen MR) is 113 cm³/mol. The maximum Gasteiger partial charge on any atom is 0.240 e. The van der Waals surface area contributed by atoms with Gasteiger partial charge in [-0.05, 0) is 36.6 Å². The summed E-state index contributed by atoms with van der Waals surface area (Å²) in [6, 6.07) is 15.3. The van der Waals surface area contributed by atoms with Crippen molar-refractivity contribution in [1.29, 1.82) is 0 Å². The Bertz CT molecular complexity index is 737. The van der Waals surface area contributed by atoms with Crippen LogP contribution in [0.4, 0.5) is 0 Å². The van der Waals surface area contributed by atoms with Crippen LogP contribution < -0.4 is 5.73 Å². The molecule has 140 valence electrons. The quantitative estimate of drug-likeness (QED) is 0.677. The van der Waals surface area contributed by atoms with Gasteiger partial charge in [-0.1, -0.05) is 53.5 Å². The summed E-state index contributed by atoms with van der Waals surface area (Å²) in [7, 11) is 0. The molecule has 2 aromatic carbocycles. The Kier molecular flexibility index (Phi) is 8.11. The molecule has 0 saturated carbocycles. The molecule has 26 heavy (non-hydrogen) atoms. The summed E-state index contributed by atoms with van der Waals surface area (Å²) in [6.07, 6.45) is 1.69. The molecule has 1 amide bonds. The first-order chi connectivity index (χ1) is 12.0. The number of hydrogen-bond acceptors (Lipinski definition) is 3. The normalized spacial score (nSPS) is 16.0. The smallest absolute Gasteiger partial charge is 0.240 e. The highest BCUT2D eigenvalue weighted by molar-refractivity contribution is 8.00. The molecule has 0 radical (unpaired) electrons. The third-order valence-corrected chi connectivity index (χ3v) is 6.29. The number of amides is 1. The largest absolute Gasteiger partial charge is 0.341 e. The molecule has 0 bridgehead atoms. The highest BCUT2D eigenvalue weighted by Crippen LogP contribution is 2.41. The molecule has 1 aliphatic rings. The van der Waals surface area contributed by atoms with Crippen LogP contribution in [0.1, 0.15) is 23.7 Å². The topological polar surface area (TPSA) is 46.3 Å². The van der Waals surface area contributed by atoms with Gasteiger partial charge in [0.05, 0.1) is 5.02 Å². The van der Waals surface area contributed by atoms with Gasteiger partial charge in [0.2, 0.25) is 5.91 Å². The van der Waals surface area contributed by atoms with E-state index in [1.165, 1.54) is 11.8 Å². The van der Waals surface area contributed by atoms with Crippen molar-refractivity contribution in [3.05, 3.63) is 64.1 Å². The third-order valence-electron chi connectivity index (χ3n) is 4.32. The molecule has 0 spiro atoms. The van der Waals surface area contributed by atoms with Crippen molar-refractivity contribution in [3.8, 4) is 0 Å². The molecule has 3 rings (SSSR count). The maximum atomic E-state index is 13.2. The average Bonchev–Trinajstić information content (AvgIpc) is 2.63. The zero-order valence-corrected chi connectivity index (χ0v) is 17.3. The van der Waals surface area contributed by atoms with Crippen molar-refractivity contribution < 1.29 is 4.79 Å². The number of likely N-dealkylation sites (tertiary alicyclic amines) is 1. The van der Waals surface area contributed by atoms with Crippen LogP contribution in [0.2, 0.25) is 10.0 Å². The second-order valence-corrected chi connectivity index (χ2v) is 8.14. The van der Waals surface area contributed by atoms with Crippen LogP contribution in [0.5, 0.6) is 0 Å². The van der Waals surface area contributed by atoms with Gasteiger partial charge in [-0.25, -0.2) is 0 Å². The van der Waals surface area contributed by atoms with Crippen LogP contribution in [0, 0.1) is 0 Å². The number of halogens is 3. The second kappa shape index (κ2) is 9.86. The molecule has 1 atom stereocenters. The molecular formula is C19H21Cl3N2OS. The van der Waals surface area contributed by atoms with Crippen LogP contribution in [-0.2, 0) is 4.79 Å². The van der Waals surface area contributed by atoms with E-state index in [-0.39, 0.29) is 29.6 Å². The summed E-state index contributed by atoms with van der Waals surface area (Å²) >= 11 is 13.9. The van der Waals surface area contributed by atoms with E-state index in [9.17, 15) is 4.79 Å². The van der Waals surface area contributed by atoms with Gasteiger partial charge in [0.25, 0.3) is 0 Å². The van der Waals surface area contributed by atoms with E-state index < -0.39 is 0 Å². The van der Waals surface area contributed by atoms with Crippen LogP contribution in [0.3, 0.4) is 0 Å². The molecule has 2 N–H and O–H groups in total. The molecule has 1 fully saturated rings. The number of hydrogen-bond donors (Lipinski definition) is 1. The number of nitrogens with two attached hydrogens (primary N) is 1. The molecule has 1 saturated heterocycles. The monoisotopic (exact) mass is 430 g/mol. The number of rotatable bonds is 4. The van der Waals surface area contributed by atoms with E-state index in [1.54, 1.807) is 12.1 Å². The summed E-state index contributed by atoms with van der Waals surface area (Å²) in [5, 5.41) is 0.852. The van der Waals surface area contributed by atoms with Crippen LogP contribution >= 0.6 is 47.4 Å². The van der Waals surface area contributed by atoms with Crippen molar-refractivity contribution in [1.82, 2.24) is 4.90 Å².